The average Bonchev–Trinajstić information content (AvgIpc) is 2.79. The number of aromatic nitrogens is 3. The number of nitrogens with one attached hydrogen (secondary N) is 1. The Morgan fingerprint density at radius 2 is 1.81 bits per heavy atom. The summed E-state index contributed by atoms with van der Waals surface area (Å²) in [4.78, 5) is 6.83. The third-order valence-corrected chi connectivity index (χ3v) is 3.93. The first-order valence-electron chi connectivity index (χ1n) is 7.29. The van der Waals surface area contributed by atoms with Crippen LogP contribution in [0.2, 0.25) is 5.02 Å². The second kappa shape index (κ2) is 6.72. The molecule has 21 heavy (non-hydrogen) atoms. The van der Waals surface area contributed by atoms with Crippen LogP contribution in [-0.4, -0.2) is 28.3 Å². The van der Waals surface area contributed by atoms with Gasteiger partial charge in [0.05, 0.1) is 16.9 Å². The van der Waals surface area contributed by atoms with Crippen LogP contribution in [0.3, 0.4) is 0 Å². The van der Waals surface area contributed by atoms with Gasteiger partial charge in [-0.25, -0.2) is 0 Å². The molecule has 1 fully saturated rings. The molecule has 2 heterocycles. The van der Waals surface area contributed by atoms with Gasteiger partial charge in [0.25, 0.3) is 0 Å². The molecule has 6 heteroatoms. The summed E-state index contributed by atoms with van der Waals surface area (Å²) in [6, 6.07) is 7.53. The van der Waals surface area contributed by atoms with E-state index in [-0.39, 0.29) is 0 Å². The minimum absolute atomic E-state index is 0.477. The first-order chi connectivity index (χ1) is 10.3. The predicted octanol–water partition coefficient (Wildman–Crippen LogP) is 3.65. The predicted molar refractivity (Wildman–Crippen MR) is 85.2 cm³/mol. The van der Waals surface area contributed by atoms with E-state index in [2.05, 4.69) is 25.4 Å². The average molecular weight is 304 g/mol. The van der Waals surface area contributed by atoms with Crippen molar-refractivity contribution in [3.63, 3.8) is 0 Å². The summed E-state index contributed by atoms with van der Waals surface area (Å²) >= 11 is 6.14. The lowest BCUT2D eigenvalue weighted by Gasteiger charge is -2.21. The zero-order chi connectivity index (χ0) is 14.5. The van der Waals surface area contributed by atoms with Gasteiger partial charge in [0.1, 0.15) is 0 Å². The van der Waals surface area contributed by atoms with Crippen molar-refractivity contribution in [1.29, 1.82) is 0 Å². The zero-order valence-corrected chi connectivity index (χ0v) is 12.6. The molecule has 0 unspecified atom stereocenters. The highest BCUT2D eigenvalue weighted by Crippen LogP contribution is 2.24. The fraction of sp³-hybridized carbons (Fsp3) is 0.400. The Morgan fingerprint density at radius 3 is 2.57 bits per heavy atom. The van der Waals surface area contributed by atoms with Gasteiger partial charge in [-0.05, 0) is 25.0 Å². The number of para-hydroxylation sites is 1. The summed E-state index contributed by atoms with van der Waals surface area (Å²) in [5.41, 5.74) is 0.786. The Hall–Kier alpha value is -1.88. The van der Waals surface area contributed by atoms with Crippen LogP contribution in [0.4, 0.5) is 17.5 Å². The Morgan fingerprint density at radius 1 is 1.05 bits per heavy atom. The molecular weight excluding hydrogens is 286 g/mol. The van der Waals surface area contributed by atoms with E-state index in [4.69, 9.17) is 11.6 Å². The van der Waals surface area contributed by atoms with Crippen molar-refractivity contribution in [3.05, 3.63) is 35.5 Å². The van der Waals surface area contributed by atoms with Crippen LogP contribution in [-0.2, 0) is 0 Å². The minimum atomic E-state index is 0.477. The fourth-order valence-corrected chi connectivity index (χ4v) is 2.67. The van der Waals surface area contributed by atoms with E-state index in [1.165, 1.54) is 25.7 Å². The SMILES string of the molecule is Clc1ccccc1Nc1nncc(N2CCCCCC2)n1. The van der Waals surface area contributed by atoms with Gasteiger partial charge in [-0.1, -0.05) is 36.6 Å². The van der Waals surface area contributed by atoms with Gasteiger partial charge in [0.15, 0.2) is 5.82 Å². The number of nitrogens with zero attached hydrogens (tertiary/aromatic N) is 4. The van der Waals surface area contributed by atoms with E-state index in [0.29, 0.717) is 11.0 Å². The summed E-state index contributed by atoms with van der Waals surface area (Å²) in [7, 11) is 0. The summed E-state index contributed by atoms with van der Waals surface area (Å²) in [5, 5.41) is 11.9. The quantitative estimate of drug-likeness (QED) is 0.938. The third-order valence-electron chi connectivity index (χ3n) is 3.60. The van der Waals surface area contributed by atoms with Crippen molar-refractivity contribution in [2.24, 2.45) is 0 Å². The lowest BCUT2D eigenvalue weighted by molar-refractivity contribution is 0.726. The normalized spacial score (nSPS) is 15.6. The molecule has 1 aromatic carbocycles. The highest BCUT2D eigenvalue weighted by molar-refractivity contribution is 6.33. The standard InChI is InChI=1S/C15H18ClN5/c16-12-7-3-4-8-13(12)18-15-19-14(11-17-20-15)21-9-5-1-2-6-10-21/h3-4,7-8,11H,1-2,5-6,9-10H2,(H,18,19,20). The van der Waals surface area contributed by atoms with Gasteiger partial charge in [0, 0.05) is 13.1 Å². The van der Waals surface area contributed by atoms with E-state index >= 15 is 0 Å². The molecule has 110 valence electrons. The molecule has 0 saturated carbocycles. The molecule has 5 nitrogen and oxygen atoms in total. The number of halogens is 1. The van der Waals surface area contributed by atoms with Crippen LogP contribution in [0.25, 0.3) is 0 Å². The molecular formula is C15H18ClN5. The fourth-order valence-electron chi connectivity index (χ4n) is 2.48. The third kappa shape index (κ3) is 3.61. The monoisotopic (exact) mass is 303 g/mol. The van der Waals surface area contributed by atoms with Crippen LogP contribution in [0.5, 0.6) is 0 Å². The van der Waals surface area contributed by atoms with Gasteiger partial charge in [0.2, 0.25) is 5.95 Å². The topological polar surface area (TPSA) is 53.9 Å². The van der Waals surface area contributed by atoms with Crippen LogP contribution < -0.4 is 10.2 Å². The summed E-state index contributed by atoms with van der Waals surface area (Å²) in [6.07, 6.45) is 6.72. The Balaban J connectivity index is 1.78. The molecule has 0 atom stereocenters. The van der Waals surface area contributed by atoms with Crippen LogP contribution in [0.1, 0.15) is 25.7 Å². The molecule has 3 rings (SSSR count). The minimum Gasteiger partial charge on any atom is -0.355 e. The lowest BCUT2D eigenvalue weighted by atomic mass is 10.2. The van der Waals surface area contributed by atoms with Crippen LogP contribution in [0, 0.1) is 0 Å². The molecule has 1 N–H and O–H groups in total. The van der Waals surface area contributed by atoms with Crippen molar-refractivity contribution < 1.29 is 0 Å². The summed E-state index contributed by atoms with van der Waals surface area (Å²) < 4.78 is 0. The summed E-state index contributed by atoms with van der Waals surface area (Å²) in [5.74, 6) is 1.35. The van der Waals surface area contributed by atoms with Gasteiger partial charge >= 0.3 is 0 Å². The van der Waals surface area contributed by atoms with E-state index < -0.39 is 0 Å². The van der Waals surface area contributed by atoms with Gasteiger partial charge in [-0.15, -0.1) is 5.10 Å². The Labute approximate surface area is 129 Å². The molecule has 0 aliphatic carbocycles. The maximum absolute atomic E-state index is 6.14. The van der Waals surface area contributed by atoms with E-state index in [1.807, 2.05) is 24.3 Å². The van der Waals surface area contributed by atoms with E-state index in [1.54, 1.807) is 6.20 Å². The van der Waals surface area contributed by atoms with E-state index in [9.17, 15) is 0 Å². The molecule has 1 saturated heterocycles. The van der Waals surface area contributed by atoms with Crippen molar-refractivity contribution >= 4 is 29.1 Å². The molecule has 2 aromatic rings. The molecule has 0 spiro atoms. The number of rotatable bonds is 3. The molecule has 0 bridgehead atoms. The molecule has 1 aliphatic heterocycles. The van der Waals surface area contributed by atoms with Crippen LogP contribution in [0.15, 0.2) is 30.5 Å². The number of benzene rings is 1. The van der Waals surface area contributed by atoms with Gasteiger partial charge in [-0.3, -0.25) is 0 Å². The zero-order valence-electron chi connectivity index (χ0n) is 11.8. The van der Waals surface area contributed by atoms with Gasteiger partial charge in [-0.2, -0.15) is 10.1 Å². The maximum Gasteiger partial charge on any atom is 0.249 e. The first kappa shape index (κ1) is 14.1. The molecule has 1 aliphatic rings. The molecule has 1 aromatic heterocycles. The van der Waals surface area contributed by atoms with E-state index in [0.717, 1.165) is 24.6 Å². The van der Waals surface area contributed by atoms with Crippen molar-refractivity contribution in [1.82, 2.24) is 15.2 Å². The van der Waals surface area contributed by atoms with Crippen molar-refractivity contribution in [3.8, 4) is 0 Å². The molecule has 0 radical (unpaired) electrons. The highest BCUT2D eigenvalue weighted by Gasteiger charge is 2.12. The first-order valence-corrected chi connectivity index (χ1v) is 7.67. The second-order valence-electron chi connectivity index (χ2n) is 5.14. The lowest BCUT2D eigenvalue weighted by Crippen LogP contribution is -2.25. The molecule has 0 amide bonds. The Kier molecular flexibility index (Phi) is 4.50. The highest BCUT2D eigenvalue weighted by atomic mass is 35.5. The maximum atomic E-state index is 6.14. The van der Waals surface area contributed by atoms with Crippen LogP contribution >= 0.6 is 11.6 Å². The number of hydrogen-bond acceptors (Lipinski definition) is 5. The largest absolute Gasteiger partial charge is 0.355 e. The second-order valence-corrected chi connectivity index (χ2v) is 5.55. The van der Waals surface area contributed by atoms with Crippen molar-refractivity contribution in [2.75, 3.05) is 23.3 Å². The Bertz CT molecular complexity index is 596. The van der Waals surface area contributed by atoms with Gasteiger partial charge < -0.3 is 10.2 Å². The number of anilines is 3. The summed E-state index contributed by atoms with van der Waals surface area (Å²) in [6.45, 7) is 2.06. The smallest absolute Gasteiger partial charge is 0.249 e. The number of hydrogen-bond donors (Lipinski definition) is 1. The van der Waals surface area contributed by atoms with Crippen molar-refractivity contribution in [2.45, 2.75) is 25.7 Å².